The highest BCUT2D eigenvalue weighted by atomic mass is 79.9. The zero-order valence-electron chi connectivity index (χ0n) is 8.22. The lowest BCUT2D eigenvalue weighted by atomic mass is 10.1. The number of nitro benzene ring substituents is 1. The molecule has 1 amide bonds. The second-order valence-corrected chi connectivity index (χ2v) is 3.95. The van der Waals surface area contributed by atoms with Crippen LogP contribution in [0.1, 0.15) is 12.0 Å². The second kappa shape index (κ2) is 5.41. The van der Waals surface area contributed by atoms with Crippen molar-refractivity contribution in [1.29, 1.82) is 0 Å². The summed E-state index contributed by atoms with van der Waals surface area (Å²) < 4.78 is 0.631. The van der Waals surface area contributed by atoms with Crippen molar-refractivity contribution < 1.29 is 9.72 Å². The Balaban J connectivity index is 2.99. The Morgan fingerprint density at radius 1 is 1.56 bits per heavy atom. The predicted molar refractivity (Wildman–Crippen MR) is 63.6 cm³/mol. The molecular formula is C10H9BrN2O3. The topological polar surface area (TPSA) is 86.2 Å². The highest BCUT2D eigenvalue weighted by Crippen LogP contribution is 2.24. The van der Waals surface area contributed by atoms with E-state index in [9.17, 15) is 14.9 Å². The van der Waals surface area contributed by atoms with E-state index in [1.54, 1.807) is 12.1 Å². The lowest BCUT2D eigenvalue weighted by Gasteiger charge is -1.98. The molecule has 0 aliphatic rings. The highest BCUT2D eigenvalue weighted by molar-refractivity contribution is 9.10. The molecule has 5 nitrogen and oxygen atoms in total. The maximum Gasteiger partial charge on any atom is 0.277 e. The number of nitrogens with two attached hydrogens (primary N) is 1. The minimum atomic E-state index is -0.477. The molecular weight excluding hydrogens is 276 g/mol. The van der Waals surface area contributed by atoms with Gasteiger partial charge in [-0.05, 0) is 12.1 Å². The number of nitrogens with zero attached hydrogens (tertiary/aromatic N) is 1. The third-order valence-electron chi connectivity index (χ3n) is 1.81. The van der Waals surface area contributed by atoms with Gasteiger partial charge in [0.2, 0.25) is 5.91 Å². The molecule has 84 valence electrons. The van der Waals surface area contributed by atoms with Gasteiger partial charge < -0.3 is 5.73 Å². The van der Waals surface area contributed by atoms with Crippen molar-refractivity contribution in [2.24, 2.45) is 5.73 Å². The third-order valence-corrected chi connectivity index (χ3v) is 2.30. The number of halogens is 1. The Morgan fingerprint density at radius 2 is 2.25 bits per heavy atom. The number of amides is 1. The smallest absolute Gasteiger partial charge is 0.277 e. The monoisotopic (exact) mass is 284 g/mol. The number of benzene rings is 1. The summed E-state index contributed by atoms with van der Waals surface area (Å²) >= 11 is 3.15. The summed E-state index contributed by atoms with van der Waals surface area (Å²) in [6.45, 7) is 0. The highest BCUT2D eigenvalue weighted by Gasteiger charge is 2.11. The number of hydrogen-bond donors (Lipinski definition) is 1. The molecule has 0 saturated heterocycles. The van der Waals surface area contributed by atoms with Crippen molar-refractivity contribution >= 4 is 33.6 Å². The molecule has 0 bridgehead atoms. The standard InChI is InChI=1S/C10H9BrN2O3/c11-8-5-4-7(2-1-3-10(12)14)9(6-8)13(15)16/h1-2,4-6H,3H2,(H2,12,14). The van der Waals surface area contributed by atoms with E-state index in [1.807, 2.05) is 0 Å². The average Bonchev–Trinajstić information content (AvgIpc) is 2.19. The number of hydrogen-bond acceptors (Lipinski definition) is 3. The van der Waals surface area contributed by atoms with E-state index in [1.165, 1.54) is 18.2 Å². The molecule has 0 fully saturated rings. The molecule has 0 aliphatic carbocycles. The van der Waals surface area contributed by atoms with Crippen LogP contribution in [-0.4, -0.2) is 10.8 Å². The molecule has 6 heteroatoms. The minimum absolute atomic E-state index is 0.0184. The van der Waals surface area contributed by atoms with E-state index in [2.05, 4.69) is 15.9 Å². The molecule has 0 spiro atoms. The maximum atomic E-state index is 10.7. The van der Waals surface area contributed by atoms with Gasteiger partial charge >= 0.3 is 0 Å². The first kappa shape index (κ1) is 12.4. The first-order chi connectivity index (χ1) is 7.50. The van der Waals surface area contributed by atoms with Crippen molar-refractivity contribution in [1.82, 2.24) is 0 Å². The first-order valence-electron chi connectivity index (χ1n) is 4.39. The fraction of sp³-hybridized carbons (Fsp3) is 0.100. The molecule has 0 radical (unpaired) electrons. The van der Waals surface area contributed by atoms with E-state index in [0.717, 1.165) is 0 Å². The zero-order valence-corrected chi connectivity index (χ0v) is 9.81. The van der Waals surface area contributed by atoms with E-state index >= 15 is 0 Å². The molecule has 1 aromatic carbocycles. The van der Waals surface area contributed by atoms with Gasteiger partial charge in [0.05, 0.1) is 10.5 Å². The van der Waals surface area contributed by atoms with Crippen molar-refractivity contribution in [2.45, 2.75) is 6.42 Å². The Morgan fingerprint density at radius 3 is 2.81 bits per heavy atom. The summed E-state index contributed by atoms with van der Waals surface area (Å²) in [6.07, 6.45) is 3.07. The summed E-state index contributed by atoms with van der Waals surface area (Å²) in [5.41, 5.74) is 5.37. The average molecular weight is 285 g/mol. The third kappa shape index (κ3) is 3.47. The van der Waals surface area contributed by atoms with Crippen LogP contribution in [0, 0.1) is 10.1 Å². The van der Waals surface area contributed by atoms with Gasteiger partial charge in [0, 0.05) is 17.0 Å². The summed E-state index contributed by atoms with van der Waals surface area (Å²) in [6, 6.07) is 4.70. The normalized spacial score (nSPS) is 10.6. The van der Waals surface area contributed by atoms with Crippen LogP contribution >= 0.6 is 15.9 Å². The molecule has 1 rings (SSSR count). The SMILES string of the molecule is NC(=O)CC=Cc1ccc(Br)cc1[N+](=O)[O-]. The number of carbonyl (C=O) groups is 1. The van der Waals surface area contributed by atoms with Gasteiger partial charge in [0.15, 0.2) is 0 Å². The van der Waals surface area contributed by atoms with Crippen LogP contribution in [0.3, 0.4) is 0 Å². The van der Waals surface area contributed by atoms with Gasteiger partial charge in [-0.2, -0.15) is 0 Å². The van der Waals surface area contributed by atoms with Crippen LogP contribution in [0.4, 0.5) is 5.69 Å². The van der Waals surface area contributed by atoms with E-state index < -0.39 is 10.8 Å². The summed E-state index contributed by atoms with van der Waals surface area (Å²) in [7, 11) is 0. The maximum absolute atomic E-state index is 10.7. The van der Waals surface area contributed by atoms with Crippen molar-refractivity contribution in [3.8, 4) is 0 Å². The van der Waals surface area contributed by atoms with Gasteiger partial charge in [-0.3, -0.25) is 14.9 Å². The summed E-state index contributed by atoms with van der Waals surface area (Å²) in [4.78, 5) is 20.7. The molecule has 0 atom stereocenters. The van der Waals surface area contributed by atoms with Gasteiger partial charge in [-0.15, -0.1) is 0 Å². The van der Waals surface area contributed by atoms with Gasteiger partial charge in [-0.1, -0.05) is 28.1 Å². The number of nitro groups is 1. The van der Waals surface area contributed by atoms with Crippen LogP contribution < -0.4 is 5.73 Å². The quantitative estimate of drug-likeness (QED) is 0.679. The lowest BCUT2D eigenvalue weighted by Crippen LogP contribution is -2.07. The second-order valence-electron chi connectivity index (χ2n) is 3.03. The Kier molecular flexibility index (Phi) is 4.19. The van der Waals surface area contributed by atoms with Crippen LogP contribution in [0.25, 0.3) is 6.08 Å². The fourth-order valence-electron chi connectivity index (χ4n) is 1.12. The van der Waals surface area contributed by atoms with Gasteiger partial charge in [-0.25, -0.2) is 0 Å². The largest absolute Gasteiger partial charge is 0.369 e. The number of primary amides is 1. The molecule has 0 saturated carbocycles. The number of rotatable bonds is 4. The molecule has 0 aromatic heterocycles. The van der Waals surface area contributed by atoms with Crippen molar-refractivity contribution in [2.75, 3.05) is 0 Å². The van der Waals surface area contributed by atoms with E-state index in [-0.39, 0.29) is 12.1 Å². The Hall–Kier alpha value is -1.69. The molecule has 0 heterocycles. The van der Waals surface area contributed by atoms with Crippen molar-refractivity contribution in [3.63, 3.8) is 0 Å². The van der Waals surface area contributed by atoms with Crippen LogP contribution in [0.15, 0.2) is 28.7 Å². The summed E-state index contributed by atoms with van der Waals surface area (Å²) in [5, 5.41) is 10.7. The lowest BCUT2D eigenvalue weighted by molar-refractivity contribution is -0.385. The molecule has 16 heavy (non-hydrogen) atoms. The van der Waals surface area contributed by atoms with Gasteiger partial charge in [0.1, 0.15) is 0 Å². The van der Waals surface area contributed by atoms with Gasteiger partial charge in [0.25, 0.3) is 5.69 Å². The molecule has 1 aromatic rings. The Labute approximate surface area is 100 Å². The fourth-order valence-corrected chi connectivity index (χ4v) is 1.47. The first-order valence-corrected chi connectivity index (χ1v) is 5.19. The van der Waals surface area contributed by atoms with Crippen LogP contribution in [0.2, 0.25) is 0 Å². The Bertz CT molecular complexity index is 457. The molecule has 0 aliphatic heterocycles. The van der Waals surface area contributed by atoms with E-state index in [4.69, 9.17) is 5.73 Å². The van der Waals surface area contributed by atoms with Crippen LogP contribution in [0.5, 0.6) is 0 Å². The van der Waals surface area contributed by atoms with Crippen molar-refractivity contribution in [3.05, 3.63) is 44.4 Å². The molecule has 2 N–H and O–H groups in total. The van der Waals surface area contributed by atoms with Crippen LogP contribution in [-0.2, 0) is 4.79 Å². The predicted octanol–water partition coefficient (Wildman–Crippen LogP) is 2.25. The minimum Gasteiger partial charge on any atom is -0.369 e. The van der Waals surface area contributed by atoms with E-state index in [0.29, 0.717) is 10.0 Å². The summed E-state index contributed by atoms with van der Waals surface area (Å²) in [5.74, 6) is -0.476. The molecule has 0 unspecified atom stereocenters. The zero-order chi connectivity index (χ0) is 12.1. The number of carbonyl (C=O) groups excluding carboxylic acids is 1.